The fourth-order valence-corrected chi connectivity index (χ4v) is 1.48. The fraction of sp³-hybridized carbons (Fsp3) is 0.333. The van der Waals surface area contributed by atoms with Gasteiger partial charge in [0, 0.05) is 5.39 Å². The van der Waals surface area contributed by atoms with E-state index in [2.05, 4.69) is 5.10 Å². The zero-order valence-electron chi connectivity index (χ0n) is 9.90. The third-order valence-electron chi connectivity index (χ3n) is 2.11. The highest BCUT2D eigenvalue weighted by molar-refractivity contribution is 5.88. The SMILES string of the molecule is CC(C)(C)OC(=O)n1ncc2cccc(F)c21. The predicted molar refractivity (Wildman–Crippen MR) is 61.3 cm³/mol. The summed E-state index contributed by atoms with van der Waals surface area (Å²) < 4.78 is 19.7. The first kappa shape index (κ1) is 11.6. The summed E-state index contributed by atoms with van der Waals surface area (Å²) in [5, 5.41) is 4.41. The van der Waals surface area contributed by atoms with Crippen molar-refractivity contribution in [3.8, 4) is 0 Å². The Balaban J connectivity index is 2.46. The molecule has 0 N–H and O–H groups in total. The van der Waals surface area contributed by atoms with Gasteiger partial charge >= 0.3 is 6.09 Å². The topological polar surface area (TPSA) is 44.1 Å². The highest BCUT2D eigenvalue weighted by Gasteiger charge is 2.21. The van der Waals surface area contributed by atoms with Crippen molar-refractivity contribution in [2.24, 2.45) is 0 Å². The number of halogens is 1. The average Bonchev–Trinajstić information content (AvgIpc) is 2.60. The minimum atomic E-state index is -0.683. The van der Waals surface area contributed by atoms with Gasteiger partial charge in [0.15, 0.2) is 0 Å². The van der Waals surface area contributed by atoms with Crippen LogP contribution >= 0.6 is 0 Å². The van der Waals surface area contributed by atoms with Gasteiger partial charge in [-0.2, -0.15) is 9.78 Å². The van der Waals surface area contributed by atoms with Crippen LogP contribution < -0.4 is 0 Å². The lowest BCUT2D eigenvalue weighted by Crippen LogP contribution is -2.27. The van der Waals surface area contributed by atoms with Crippen molar-refractivity contribution in [3.63, 3.8) is 0 Å². The molecule has 5 heteroatoms. The van der Waals surface area contributed by atoms with Gasteiger partial charge in [0.2, 0.25) is 0 Å². The number of carbonyl (C=O) groups is 1. The van der Waals surface area contributed by atoms with E-state index in [-0.39, 0.29) is 5.52 Å². The molecule has 0 saturated heterocycles. The van der Waals surface area contributed by atoms with Crippen LogP contribution in [0.1, 0.15) is 20.8 Å². The van der Waals surface area contributed by atoms with Crippen molar-refractivity contribution in [3.05, 3.63) is 30.2 Å². The molecule has 1 aromatic carbocycles. The summed E-state index contributed by atoms with van der Waals surface area (Å²) in [7, 11) is 0. The lowest BCUT2D eigenvalue weighted by Gasteiger charge is -2.19. The van der Waals surface area contributed by atoms with E-state index < -0.39 is 17.5 Å². The average molecular weight is 236 g/mol. The van der Waals surface area contributed by atoms with Gasteiger partial charge < -0.3 is 4.74 Å². The summed E-state index contributed by atoms with van der Waals surface area (Å²) in [5.41, 5.74) is -0.498. The molecule has 17 heavy (non-hydrogen) atoms. The van der Waals surface area contributed by atoms with Crippen LogP contribution in [0.4, 0.5) is 9.18 Å². The lowest BCUT2D eigenvalue weighted by atomic mass is 10.2. The molecule has 0 atom stereocenters. The molecule has 90 valence electrons. The van der Waals surface area contributed by atoms with Crippen molar-refractivity contribution >= 4 is 17.0 Å². The number of ether oxygens (including phenoxy) is 1. The van der Waals surface area contributed by atoms with Crippen LogP contribution in [0.25, 0.3) is 10.9 Å². The van der Waals surface area contributed by atoms with E-state index >= 15 is 0 Å². The number of aromatic nitrogens is 2. The van der Waals surface area contributed by atoms with Gasteiger partial charge in [0.1, 0.15) is 16.9 Å². The van der Waals surface area contributed by atoms with Gasteiger partial charge in [0.05, 0.1) is 6.20 Å². The smallest absolute Gasteiger partial charge is 0.435 e. The highest BCUT2D eigenvalue weighted by atomic mass is 19.1. The Labute approximate surface area is 98.0 Å². The maximum atomic E-state index is 13.6. The van der Waals surface area contributed by atoms with E-state index in [9.17, 15) is 9.18 Å². The molecule has 0 radical (unpaired) electrons. The van der Waals surface area contributed by atoms with Gasteiger partial charge in [-0.05, 0) is 26.8 Å². The van der Waals surface area contributed by atoms with E-state index in [0.29, 0.717) is 5.39 Å². The number of hydrogen-bond donors (Lipinski definition) is 0. The van der Waals surface area contributed by atoms with Crippen LogP contribution in [0, 0.1) is 5.82 Å². The molecule has 0 fully saturated rings. The summed E-state index contributed by atoms with van der Waals surface area (Å²) >= 11 is 0. The van der Waals surface area contributed by atoms with Crippen molar-refractivity contribution in [1.82, 2.24) is 9.78 Å². The third-order valence-corrected chi connectivity index (χ3v) is 2.11. The zero-order chi connectivity index (χ0) is 12.6. The number of benzene rings is 1. The Hall–Kier alpha value is -1.91. The van der Waals surface area contributed by atoms with Crippen molar-refractivity contribution in [1.29, 1.82) is 0 Å². The molecule has 4 nitrogen and oxygen atoms in total. The first-order valence-corrected chi connectivity index (χ1v) is 5.24. The van der Waals surface area contributed by atoms with Crippen LogP contribution in [0.3, 0.4) is 0 Å². The second kappa shape index (κ2) is 3.84. The quantitative estimate of drug-likeness (QED) is 0.706. The zero-order valence-corrected chi connectivity index (χ0v) is 9.90. The first-order chi connectivity index (χ1) is 7.88. The van der Waals surface area contributed by atoms with Gasteiger partial charge in [0.25, 0.3) is 0 Å². The van der Waals surface area contributed by atoms with E-state index in [1.165, 1.54) is 12.3 Å². The minimum Gasteiger partial charge on any atom is -0.442 e. The van der Waals surface area contributed by atoms with Crippen molar-refractivity contribution in [2.45, 2.75) is 26.4 Å². The second-order valence-corrected chi connectivity index (χ2v) is 4.71. The van der Waals surface area contributed by atoms with Crippen LogP contribution in [-0.4, -0.2) is 21.5 Å². The Morgan fingerprint density at radius 3 is 2.76 bits per heavy atom. The molecule has 1 heterocycles. The van der Waals surface area contributed by atoms with E-state index in [1.807, 2.05) is 0 Å². The Bertz CT molecular complexity index is 569. The highest BCUT2D eigenvalue weighted by Crippen LogP contribution is 2.18. The standard InChI is InChI=1S/C12H13FN2O2/c1-12(2,3)17-11(16)15-10-8(7-14-15)5-4-6-9(10)13/h4-7H,1-3H3. The molecule has 0 bridgehead atoms. The number of nitrogens with zero attached hydrogens (tertiary/aromatic N) is 2. The molecule has 0 aliphatic carbocycles. The largest absolute Gasteiger partial charge is 0.442 e. The monoisotopic (exact) mass is 236 g/mol. The third kappa shape index (κ3) is 2.27. The van der Waals surface area contributed by atoms with Gasteiger partial charge in [-0.1, -0.05) is 12.1 Å². The molecule has 2 rings (SSSR count). The number of rotatable bonds is 0. The summed E-state index contributed by atoms with van der Waals surface area (Å²) in [6.07, 6.45) is 0.750. The molecule has 0 amide bonds. The maximum Gasteiger partial charge on any atom is 0.435 e. The molecule has 0 aliphatic rings. The lowest BCUT2D eigenvalue weighted by molar-refractivity contribution is 0.0521. The summed E-state index contributed by atoms with van der Waals surface area (Å²) in [6, 6.07) is 4.54. The molecular weight excluding hydrogens is 223 g/mol. The normalized spacial score (nSPS) is 11.8. The summed E-state index contributed by atoms with van der Waals surface area (Å²) in [5.74, 6) is -0.495. The molecule has 2 aromatic rings. The second-order valence-electron chi connectivity index (χ2n) is 4.71. The van der Waals surface area contributed by atoms with E-state index in [1.54, 1.807) is 32.9 Å². The first-order valence-electron chi connectivity index (χ1n) is 5.24. The van der Waals surface area contributed by atoms with Crippen LogP contribution in [-0.2, 0) is 4.74 Å². The Kier molecular flexibility index (Phi) is 2.61. The Morgan fingerprint density at radius 1 is 1.41 bits per heavy atom. The van der Waals surface area contributed by atoms with Crippen LogP contribution in [0.2, 0.25) is 0 Å². The molecular formula is C12H13FN2O2. The molecule has 0 aliphatic heterocycles. The number of fused-ring (bicyclic) bond motifs is 1. The van der Waals surface area contributed by atoms with Gasteiger partial charge in [-0.15, -0.1) is 0 Å². The van der Waals surface area contributed by atoms with Crippen molar-refractivity contribution in [2.75, 3.05) is 0 Å². The molecule has 0 unspecified atom stereocenters. The number of hydrogen-bond acceptors (Lipinski definition) is 3. The number of para-hydroxylation sites is 1. The number of carbonyl (C=O) groups excluding carboxylic acids is 1. The molecule has 0 spiro atoms. The van der Waals surface area contributed by atoms with Crippen molar-refractivity contribution < 1.29 is 13.9 Å². The maximum absolute atomic E-state index is 13.6. The summed E-state index contributed by atoms with van der Waals surface area (Å²) in [4.78, 5) is 11.8. The van der Waals surface area contributed by atoms with Crippen LogP contribution in [0.5, 0.6) is 0 Å². The van der Waals surface area contributed by atoms with Gasteiger partial charge in [-0.3, -0.25) is 0 Å². The summed E-state index contributed by atoms with van der Waals surface area (Å²) in [6.45, 7) is 5.23. The molecule has 0 saturated carbocycles. The van der Waals surface area contributed by atoms with Crippen LogP contribution in [0.15, 0.2) is 24.4 Å². The Morgan fingerprint density at radius 2 is 2.12 bits per heavy atom. The predicted octanol–water partition coefficient (Wildman–Crippen LogP) is 2.96. The minimum absolute atomic E-state index is 0.141. The fourth-order valence-electron chi connectivity index (χ4n) is 1.48. The van der Waals surface area contributed by atoms with E-state index in [4.69, 9.17) is 4.74 Å². The van der Waals surface area contributed by atoms with E-state index in [0.717, 1.165) is 4.68 Å². The molecule has 1 aromatic heterocycles. The van der Waals surface area contributed by atoms with Gasteiger partial charge in [-0.25, -0.2) is 9.18 Å².